The summed E-state index contributed by atoms with van der Waals surface area (Å²) < 4.78 is 1.84. The number of carbonyl (C=O) groups excluding carboxylic acids is 1. The van der Waals surface area contributed by atoms with Crippen LogP contribution in [0.1, 0.15) is 67.3 Å². The van der Waals surface area contributed by atoms with Gasteiger partial charge in [-0.3, -0.25) is 4.79 Å². The third kappa shape index (κ3) is 5.30. The zero-order valence-corrected chi connectivity index (χ0v) is 17.1. The summed E-state index contributed by atoms with van der Waals surface area (Å²) in [5.41, 5.74) is 2.81. The van der Waals surface area contributed by atoms with Crippen LogP contribution in [0.2, 0.25) is 0 Å². The molecule has 1 atom stereocenters. The van der Waals surface area contributed by atoms with Crippen LogP contribution in [0.3, 0.4) is 0 Å². The Balaban J connectivity index is 0.00000261. The fourth-order valence-electron chi connectivity index (χ4n) is 3.44. The molecule has 0 aliphatic carbocycles. The number of rotatable bonds is 6. The number of aromatic nitrogens is 3. The molecular weight excluding hydrogens is 362 g/mol. The minimum absolute atomic E-state index is 0. The van der Waals surface area contributed by atoms with E-state index in [2.05, 4.69) is 66.0 Å². The Kier molecular flexibility index (Phi) is 7.80. The zero-order valence-electron chi connectivity index (χ0n) is 16.3. The Labute approximate surface area is 167 Å². The summed E-state index contributed by atoms with van der Waals surface area (Å²) in [5, 5.41) is 14.8. The summed E-state index contributed by atoms with van der Waals surface area (Å²) in [5.74, 6) is 0.120. The molecule has 0 saturated carbocycles. The highest BCUT2D eigenvalue weighted by Gasteiger charge is 2.22. The Bertz CT molecular complexity index is 722. The number of benzene rings is 1. The fourth-order valence-corrected chi connectivity index (χ4v) is 3.44. The maximum Gasteiger partial charge on any atom is 0.273 e. The Morgan fingerprint density at radius 3 is 2.52 bits per heavy atom. The normalized spacial score (nSPS) is 16.0. The number of hydrogen-bond donors (Lipinski definition) is 2. The molecular formula is C20H30ClN5O. The molecule has 2 N–H and O–H groups in total. The van der Waals surface area contributed by atoms with E-state index in [1.807, 2.05) is 4.68 Å². The first kappa shape index (κ1) is 21.4. The lowest BCUT2D eigenvalue weighted by Crippen LogP contribution is -2.32. The van der Waals surface area contributed by atoms with Gasteiger partial charge >= 0.3 is 0 Å². The molecule has 0 radical (unpaired) electrons. The van der Waals surface area contributed by atoms with E-state index >= 15 is 0 Å². The Morgan fingerprint density at radius 2 is 1.93 bits per heavy atom. The van der Waals surface area contributed by atoms with Crippen molar-refractivity contribution in [2.75, 3.05) is 13.1 Å². The van der Waals surface area contributed by atoms with E-state index in [0.717, 1.165) is 37.9 Å². The topological polar surface area (TPSA) is 71.8 Å². The molecule has 27 heavy (non-hydrogen) atoms. The Hall–Kier alpha value is -1.92. The van der Waals surface area contributed by atoms with Crippen LogP contribution < -0.4 is 10.6 Å². The molecule has 2 aromatic rings. The number of hydrogen-bond acceptors (Lipinski definition) is 4. The first-order valence-electron chi connectivity index (χ1n) is 9.60. The van der Waals surface area contributed by atoms with Crippen LogP contribution >= 0.6 is 12.4 Å². The molecule has 1 amide bonds. The lowest BCUT2D eigenvalue weighted by atomic mass is 9.94. The summed E-state index contributed by atoms with van der Waals surface area (Å²) in [6, 6.07) is 8.75. The van der Waals surface area contributed by atoms with Gasteiger partial charge in [0, 0.05) is 0 Å². The van der Waals surface area contributed by atoms with Gasteiger partial charge in [-0.2, -0.15) is 0 Å². The van der Waals surface area contributed by atoms with Gasteiger partial charge in [0.2, 0.25) is 0 Å². The van der Waals surface area contributed by atoms with Gasteiger partial charge in [-0.25, -0.2) is 4.68 Å². The summed E-state index contributed by atoms with van der Waals surface area (Å²) in [6.45, 7) is 8.34. The highest BCUT2D eigenvalue weighted by molar-refractivity contribution is 5.92. The third-order valence-electron chi connectivity index (χ3n) is 5.13. The molecule has 1 aliphatic heterocycles. The first-order chi connectivity index (χ1) is 12.6. The standard InChI is InChI=1S/C20H29N5O.ClH/c1-4-15-5-7-16(8-6-15)19(14(2)3)22-20(26)18-13-25(24-23-18)17-9-11-21-12-10-17;/h5-8,13-14,17,19,21H,4,9-12H2,1-3H3,(H,22,26);1H. The van der Waals surface area contributed by atoms with E-state index in [9.17, 15) is 4.79 Å². The SMILES string of the molecule is CCc1ccc(C(NC(=O)c2cn(C3CCNCC3)nn2)C(C)C)cc1.Cl. The van der Waals surface area contributed by atoms with Crippen molar-refractivity contribution in [3.8, 4) is 0 Å². The average Bonchev–Trinajstić information content (AvgIpc) is 3.17. The minimum atomic E-state index is -0.163. The average molecular weight is 392 g/mol. The largest absolute Gasteiger partial charge is 0.344 e. The third-order valence-corrected chi connectivity index (χ3v) is 5.13. The quantitative estimate of drug-likeness (QED) is 0.792. The van der Waals surface area contributed by atoms with Crippen LogP contribution in [0.15, 0.2) is 30.5 Å². The summed E-state index contributed by atoms with van der Waals surface area (Å²) in [7, 11) is 0. The summed E-state index contributed by atoms with van der Waals surface area (Å²) in [4.78, 5) is 12.7. The van der Waals surface area contributed by atoms with Crippen molar-refractivity contribution in [2.45, 2.75) is 52.1 Å². The van der Waals surface area contributed by atoms with Gasteiger partial charge in [-0.1, -0.05) is 50.3 Å². The van der Waals surface area contributed by atoms with Crippen LogP contribution in [-0.4, -0.2) is 34.0 Å². The lowest BCUT2D eigenvalue weighted by Gasteiger charge is -2.23. The van der Waals surface area contributed by atoms with Gasteiger partial charge in [0.15, 0.2) is 5.69 Å². The lowest BCUT2D eigenvalue weighted by molar-refractivity contribution is 0.0920. The number of nitrogens with zero attached hydrogens (tertiary/aromatic N) is 3. The van der Waals surface area contributed by atoms with Gasteiger partial charge in [0.05, 0.1) is 18.3 Å². The molecule has 1 aromatic heterocycles. The van der Waals surface area contributed by atoms with Crippen LogP contribution in [-0.2, 0) is 6.42 Å². The molecule has 1 fully saturated rings. The predicted octanol–water partition coefficient (Wildman–Crippen LogP) is 3.31. The number of piperidine rings is 1. The van der Waals surface area contributed by atoms with Crippen molar-refractivity contribution < 1.29 is 4.79 Å². The zero-order chi connectivity index (χ0) is 18.5. The molecule has 1 aliphatic rings. The van der Waals surface area contributed by atoms with Gasteiger partial charge in [-0.05, 0) is 49.4 Å². The van der Waals surface area contributed by atoms with E-state index < -0.39 is 0 Å². The van der Waals surface area contributed by atoms with Gasteiger partial charge < -0.3 is 10.6 Å². The molecule has 1 saturated heterocycles. The smallest absolute Gasteiger partial charge is 0.273 e. The first-order valence-corrected chi connectivity index (χ1v) is 9.60. The molecule has 6 nitrogen and oxygen atoms in total. The van der Waals surface area contributed by atoms with Crippen LogP contribution in [0.25, 0.3) is 0 Å². The number of amides is 1. The van der Waals surface area contributed by atoms with Crippen molar-refractivity contribution in [1.29, 1.82) is 0 Å². The van der Waals surface area contributed by atoms with Crippen molar-refractivity contribution >= 4 is 18.3 Å². The summed E-state index contributed by atoms with van der Waals surface area (Å²) >= 11 is 0. The fraction of sp³-hybridized carbons (Fsp3) is 0.550. The van der Waals surface area contributed by atoms with E-state index in [-0.39, 0.29) is 30.3 Å². The molecule has 7 heteroatoms. The number of halogens is 1. The van der Waals surface area contributed by atoms with E-state index in [1.165, 1.54) is 5.56 Å². The highest BCUT2D eigenvalue weighted by Crippen LogP contribution is 2.23. The molecule has 148 valence electrons. The molecule has 3 rings (SSSR count). The van der Waals surface area contributed by atoms with Crippen molar-refractivity contribution in [1.82, 2.24) is 25.6 Å². The molecule has 1 aromatic carbocycles. The number of nitrogens with one attached hydrogen (secondary N) is 2. The predicted molar refractivity (Wildman–Crippen MR) is 109 cm³/mol. The maximum absolute atomic E-state index is 12.7. The molecule has 1 unspecified atom stereocenters. The maximum atomic E-state index is 12.7. The Morgan fingerprint density at radius 1 is 1.26 bits per heavy atom. The second kappa shape index (κ2) is 9.85. The van der Waals surface area contributed by atoms with Gasteiger partial charge in [0.25, 0.3) is 5.91 Å². The van der Waals surface area contributed by atoms with Gasteiger partial charge in [-0.15, -0.1) is 17.5 Å². The van der Waals surface area contributed by atoms with Crippen LogP contribution in [0.5, 0.6) is 0 Å². The van der Waals surface area contributed by atoms with Crippen molar-refractivity contribution in [3.63, 3.8) is 0 Å². The monoisotopic (exact) mass is 391 g/mol. The van der Waals surface area contributed by atoms with Crippen molar-refractivity contribution in [2.24, 2.45) is 5.92 Å². The molecule has 0 bridgehead atoms. The van der Waals surface area contributed by atoms with E-state index in [4.69, 9.17) is 0 Å². The van der Waals surface area contributed by atoms with Crippen LogP contribution in [0.4, 0.5) is 0 Å². The number of aryl methyl sites for hydroxylation is 1. The summed E-state index contributed by atoms with van der Waals surface area (Å²) in [6.07, 6.45) is 4.83. The van der Waals surface area contributed by atoms with Crippen molar-refractivity contribution in [3.05, 3.63) is 47.3 Å². The minimum Gasteiger partial charge on any atom is -0.344 e. The second-order valence-electron chi connectivity index (χ2n) is 7.36. The highest BCUT2D eigenvalue weighted by atomic mass is 35.5. The molecule has 2 heterocycles. The second-order valence-corrected chi connectivity index (χ2v) is 7.36. The molecule has 0 spiro atoms. The van der Waals surface area contributed by atoms with Crippen LogP contribution in [0, 0.1) is 5.92 Å². The van der Waals surface area contributed by atoms with E-state index in [0.29, 0.717) is 11.7 Å². The van der Waals surface area contributed by atoms with E-state index in [1.54, 1.807) is 6.20 Å². The van der Waals surface area contributed by atoms with Gasteiger partial charge in [0.1, 0.15) is 0 Å². The number of carbonyl (C=O) groups is 1.